The Balaban J connectivity index is 1.29. The molecular weight excluding hydrogens is 452 g/mol. The van der Waals surface area contributed by atoms with Crippen molar-refractivity contribution in [2.75, 3.05) is 26.1 Å². The third-order valence-corrected chi connectivity index (χ3v) is 6.32. The number of hydrogen-bond donors (Lipinski definition) is 3. The van der Waals surface area contributed by atoms with Crippen LogP contribution in [-0.2, 0) is 18.9 Å². The Morgan fingerprint density at radius 3 is 2.54 bits per heavy atom. The van der Waals surface area contributed by atoms with Crippen LogP contribution in [0.3, 0.4) is 0 Å². The Morgan fingerprint density at radius 1 is 1.00 bits per heavy atom. The van der Waals surface area contributed by atoms with E-state index >= 15 is 0 Å². The number of ether oxygens (including phenoxy) is 5. The fraction of sp³-hybridized carbons (Fsp3) is 0.346. The molecule has 0 spiro atoms. The fourth-order valence-electron chi connectivity index (χ4n) is 4.52. The zero-order chi connectivity index (χ0) is 24.4. The first-order valence-corrected chi connectivity index (χ1v) is 11.4. The van der Waals surface area contributed by atoms with Gasteiger partial charge in [-0.05, 0) is 23.6 Å². The maximum atomic E-state index is 12.9. The van der Waals surface area contributed by atoms with E-state index in [9.17, 15) is 9.90 Å². The lowest BCUT2D eigenvalue weighted by Crippen LogP contribution is -2.67. The molecule has 0 aliphatic carbocycles. The molecule has 0 radical (unpaired) electrons. The highest BCUT2D eigenvalue weighted by Crippen LogP contribution is 2.35. The van der Waals surface area contributed by atoms with E-state index in [0.717, 1.165) is 16.3 Å². The van der Waals surface area contributed by atoms with Gasteiger partial charge in [0.25, 0.3) is 0 Å². The van der Waals surface area contributed by atoms with Gasteiger partial charge < -0.3 is 39.4 Å². The molecule has 35 heavy (non-hydrogen) atoms. The van der Waals surface area contributed by atoms with Crippen LogP contribution in [0.4, 0.5) is 10.5 Å². The molecule has 9 nitrogen and oxygen atoms in total. The summed E-state index contributed by atoms with van der Waals surface area (Å²) in [5, 5.41) is 18.8. The smallest absolute Gasteiger partial charge is 0.319 e. The lowest BCUT2D eigenvalue weighted by atomic mass is 9.96. The molecule has 6 atom stereocenters. The predicted octanol–water partition coefficient (Wildman–Crippen LogP) is 3.18. The summed E-state index contributed by atoms with van der Waals surface area (Å²) >= 11 is 0. The van der Waals surface area contributed by atoms with Gasteiger partial charge in [-0.15, -0.1) is 0 Å². The molecule has 184 valence electrons. The quantitative estimate of drug-likeness (QED) is 0.515. The van der Waals surface area contributed by atoms with Crippen molar-refractivity contribution in [1.82, 2.24) is 5.32 Å². The van der Waals surface area contributed by atoms with E-state index < -0.39 is 43.0 Å². The van der Waals surface area contributed by atoms with Crippen molar-refractivity contribution in [2.45, 2.75) is 36.9 Å². The number of nitrogens with one attached hydrogen (secondary N) is 2. The highest BCUT2D eigenvalue weighted by molar-refractivity contribution is 6.01. The molecule has 2 aliphatic rings. The topological polar surface area (TPSA) is 108 Å². The maximum Gasteiger partial charge on any atom is 0.319 e. The second kappa shape index (κ2) is 10.2. The number of fused-ring (bicyclic) bond motifs is 2. The van der Waals surface area contributed by atoms with E-state index in [1.807, 2.05) is 66.7 Å². The van der Waals surface area contributed by atoms with Crippen molar-refractivity contribution in [3.05, 3.63) is 72.3 Å². The molecule has 9 heteroatoms. The molecule has 2 aliphatic heterocycles. The van der Waals surface area contributed by atoms with Crippen LogP contribution in [-0.4, -0.2) is 62.6 Å². The van der Waals surface area contributed by atoms with E-state index in [-0.39, 0.29) is 6.61 Å². The molecule has 3 aromatic carbocycles. The van der Waals surface area contributed by atoms with Gasteiger partial charge in [0.1, 0.15) is 30.1 Å². The lowest BCUT2D eigenvalue weighted by Gasteiger charge is -2.47. The summed E-state index contributed by atoms with van der Waals surface area (Å²) < 4.78 is 28.5. The molecule has 0 aromatic heterocycles. The number of amides is 2. The van der Waals surface area contributed by atoms with Crippen molar-refractivity contribution in [3.8, 4) is 5.75 Å². The van der Waals surface area contributed by atoms with Gasteiger partial charge in [-0.1, -0.05) is 48.5 Å². The van der Waals surface area contributed by atoms with Gasteiger partial charge in [-0.25, -0.2) is 4.79 Å². The fourth-order valence-corrected chi connectivity index (χ4v) is 4.52. The third-order valence-electron chi connectivity index (χ3n) is 6.32. The molecule has 3 aromatic rings. The third kappa shape index (κ3) is 4.82. The van der Waals surface area contributed by atoms with Crippen LogP contribution in [0.2, 0.25) is 0 Å². The number of urea groups is 1. The van der Waals surface area contributed by atoms with Crippen LogP contribution in [0.5, 0.6) is 5.75 Å². The highest BCUT2D eigenvalue weighted by Gasteiger charge is 2.50. The van der Waals surface area contributed by atoms with Crippen LogP contribution >= 0.6 is 0 Å². The molecule has 2 saturated heterocycles. The van der Waals surface area contributed by atoms with Gasteiger partial charge in [-0.3, -0.25) is 0 Å². The number of rotatable bonds is 5. The average Bonchev–Trinajstić information content (AvgIpc) is 2.90. The predicted molar refractivity (Wildman–Crippen MR) is 128 cm³/mol. The zero-order valence-electron chi connectivity index (χ0n) is 19.4. The minimum absolute atomic E-state index is 0.202. The summed E-state index contributed by atoms with van der Waals surface area (Å²) in [6.07, 6.45) is -3.95. The van der Waals surface area contributed by atoms with Crippen molar-refractivity contribution in [3.63, 3.8) is 0 Å². The Bertz CT molecular complexity index is 1170. The molecule has 1 unspecified atom stereocenters. The summed E-state index contributed by atoms with van der Waals surface area (Å²) in [5.74, 6) is 0.716. The summed E-state index contributed by atoms with van der Waals surface area (Å²) in [5.41, 5.74) is 1.43. The normalized spacial score (nSPS) is 28.2. The first-order chi connectivity index (χ1) is 17.1. The lowest BCUT2D eigenvalue weighted by molar-refractivity contribution is -0.340. The Labute approximate surface area is 202 Å². The number of aliphatic hydroxyl groups excluding tert-OH is 1. The summed E-state index contributed by atoms with van der Waals surface area (Å²) in [6, 6.07) is 19.4. The summed E-state index contributed by atoms with van der Waals surface area (Å²) in [6.45, 7) is 0.202. The number of methoxy groups -OCH3 is 2. The minimum Gasteiger partial charge on any atom is -0.497 e. The van der Waals surface area contributed by atoms with Gasteiger partial charge in [0.2, 0.25) is 0 Å². The average molecular weight is 481 g/mol. The van der Waals surface area contributed by atoms with Crippen LogP contribution in [0, 0.1) is 0 Å². The number of carbonyl (C=O) groups is 1. The molecule has 0 bridgehead atoms. The summed E-state index contributed by atoms with van der Waals surface area (Å²) in [4.78, 5) is 12.9. The van der Waals surface area contributed by atoms with Crippen molar-refractivity contribution in [1.29, 1.82) is 0 Å². The second-order valence-electron chi connectivity index (χ2n) is 8.46. The number of benzene rings is 3. The monoisotopic (exact) mass is 480 g/mol. The molecule has 2 amide bonds. The highest BCUT2D eigenvalue weighted by atomic mass is 16.7. The zero-order valence-corrected chi connectivity index (χ0v) is 19.4. The van der Waals surface area contributed by atoms with E-state index in [4.69, 9.17) is 23.7 Å². The van der Waals surface area contributed by atoms with E-state index in [2.05, 4.69) is 10.6 Å². The Kier molecular flexibility index (Phi) is 6.85. The molecule has 0 saturated carbocycles. The van der Waals surface area contributed by atoms with Crippen molar-refractivity contribution < 1.29 is 33.6 Å². The van der Waals surface area contributed by atoms with Gasteiger partial charge in [0.15, 0.2) is 12.6 Å². The molecular formula is C26H28N2O7. The second-order valence-corrected chi connectivity index (χ2v) is 8.46. The molecule has 2 fully saturated rings. The Hall–Kier alpha value is -3.21. The maximum absolute atomic E-state index is 12.9. The molecule has 2 heterocycles. The van der Waals surface area contributed by atoms with E-state index in [1.54, 1.807) is 7.11 Å². The largest absolute Gasteiger partial charge is 0.497 e. The number of aliphatic hydroxyl groups is 1. The van der Waals surface area contributed by atoms with Crippen LogP contribution < -0.4 is 15.4 Å². The van der Waals surface area contributed by atoms with Crippen molar-refractivity contribution in [2.24, 2.45) is 0 Å². The molecule has 5 rings (SSSR count). The van der Waals surface area contributed by atoms with Gasteiger partial charge in [0.05, 0.1) is 19.4 Å². The Morgan fingerprint density at radius 2 is 1.77 bits per heavy atom. The van der Waals surface area contributed by atoms with E-state index in [1.165, 1.54) is 7.11 Å². The SMILES string of the molecule is COc1ccc(C2OC[C@H]3O[C@H](OC)[C@H](NC(=O)Nc4cccc5ccccc45)[C@@H](O)[C@@H]3O2)cc1. The molecule has 3 N–H and O–H groups in total. The number of carbonyl (C=O) groups excluding carboxylic acids is 1. The van der Waals surface area contributed by atoms with Crippen LogP contribution in [0.1, 0.15) is 11.9 Å². The van der Waals surface area contributed by atoms with Gasteiger partial charge in [-0.2, -0.15) is 0 Å². The summed E-state index contributed by atoms with van der Waals surface area (Å²) in [7, 11) is 3.05. The van der Waals surface area contributed by atoms with Gasteiger partial charge >= 0.3 is 6.03 Å². The standard InChI is InChI=1S/C26H28N2O7/c1-31-17-12-10-16(11-13-17)24-33-14-20-23(35-24)22(29)21(25(32-2)34-20)28-26(30)27-19-9-5-7-15-6-3-4-8-18(15)19/h3-13,20-25,29H,14H2,1-2H3,(H2,27,28,30)/t20-,21-,22-,23-,24?,25+/m1/s1. The van der Waals surface area contributed by atoms with Crippen LogP contribution in [0.25, 0.3) is 10.8 Å². The number of anilines is 1. The minimum atomic E-state index is -1.10. The van der Waals surface area contributed by atoms with Crippen LogP contribution in [0.15, 0.2) is 66.7 Å². The van der Waals surface area contributed by atoms with Crippen molar-refractivity contribution >= 4 is 22.5 Å². The first-order valence-electron chi connectivity index (χ1n) is 11.4. The first kappa shape index (κ1) is 23.5. The number of hydrogen-bond acceptors (Lipinski definition) is 7. The van der Waals surface area contributed by atoms with Gasteiger partial charge in [0, 0.05) is 18.1 Å². The van der Waals surface area contributed by atoms with E-state index in [0.29, 0.717) is 11.4 Å².